The zero-order valence-corrected chi connectivity index (χ0v) is 10.7. The fourth-order valence-electron chi connectivity index (χ4n) is 2.34. The number of imidazole rings is 1. The minimum Gasteiger partial charge on any atom is -0.389 e. The van der Waals surface area contributed by atoms with Crippen LogP contribution in [0.25, 0.3) is 11.2 Å². The molecular weight excluding hydrogens is 281 g/mol. The SMILES string of the molecule is C#C[C@]1(C[O])O[C@@H](n2cnc3c(N)nc(F)nc32)C[C@@H]1O. The number of rotatable bonds is 2. The number of anilines is 1. The highest BCUT2D eigenvalue weighted by molar-refractivity contribution is 5.81. The zero-order valence-electron chi connectivity index (χ0n) is 10.7. The highest BCUT2D eigenvalue weighted by Crippen LogP contribution is 2.37. The number of aliphatic hydroxyl groups is 1. The van der Waals surface area contributed by atoms with E-state index in [4.69, 9.17) is 16.9 Å². The average Bonchev–Trinajstić information content (AvgIpc) is 3.00. The van der Waals surface area contributed by atoms with E-state index in [0.717, 1.165) is 0 Å². The van der Waals surface area contributed by atoms with Gasteiger partial charge in [0.25, 0.3) is 0 Å². The Morgan fingerprint density at radius 2 is 2.43 bits per heavy atom. The molecule has 3 heterocycles. The summed E-state index contributed by atoms with van der Waals surface area (Å²) in [6.45, 7) is -0.792. The minimum atomic E-state index is -1.61. The molecule has 0 bridgehead atoms. The van der Waals surface area contributed by atoms with Crippen LogP contribution in [-0.2, 0) is 9.84 Å². The number of hydrogen-bond donors (Lipinski definition) is 2. The largest absolute Gasteiger partial charge is 0.389 e. The van der Waals surface area contributed by atoms with Crippen molar-refractivity contribution >= 4 is 17.0 Å². The van der Waals surface area contributed by atoms with Crippen molar-refractivity contribution in [2.45, 2.75) is 24.4 Å². The van der Waals surface area contributed by atoms with Crippen molar-refractivity contribution in [2.75, 3.05) is 12.3 Å². The normalized spacial score (nSPS) is 28.9. The van der Waals surface area contributed by atoms with Crippen LogP contribution in [0.15, 0.2) is 6.33 Å². The van der Waals surface area contributed by atoms with Gasteiger partial charge < -0.3 is 15.6 Å². The second-order valence-corrected chi connectivity index (χ2v) is 4.70. The summed E-state index contributed by atoms with van der Waals surface area (Å²) in [6, 6.07) is 0. The number of halogens is 1. The molecule has 2 aromatic heterocycles. The molecule has 2 aromatic rings. The van der Waals surface area contributed by atoms with Gasteiger partial charge in [-0.05, 0) is 0 Å². The lowest BCUT2D eigenvalue weighted by molar-refractivity contribution is -0.102. The van der Waals surface area contributed by atoms with E-state index in [0.29, 0.717) is 0 Å². The number of ether oxygens (including phenoxy) is 1. The van der Waals surface area contributed by atoms with Crippen molar-refractivity contribution in [3.63, 3.8) is 0 Å². The Bertz CT molecular complexity index is 742. The van der Waals surface area contributed by atoms with Gasteiger partial charge in [0.15, 0.2) is 22.6 Å². The van der Waals surface area contributed by atoms with Gasteiger partial charge in [0, 0.05) is 6.42 Å². The van der Waals surface area contributed by atoms with Crippen LogP contribution in [0, 0.1) is 18.4 Å². The topological polar surface area (TPSA) is 119 Å². The summed E-state index contributed by atoms with van der Waals surface area (Å²) in [4.78, 5) is 11.0. The van der Waals surface area contributed by atoms with Crippen LogP contribution >= 0.6 is 0 Å². The van der Waals surface area contributed by atoms with Crippen molar-refractivity contribution in [1.29, 1.82) is 0 Å². The lowest BCUT2D eigenvalue weighted by Gasteiger charge is -2.22. The molecule has 1 fully saturated rings. The molecule has 21 heavy (non-hydrogen) atoms. The van der Waals surface area contributed by atoms with Crippen LogP contribution in [-0.4, -0.2) is 42.9 Å². The Morgan fingerprint density at radius 1 is 1.67 bits per heavy atom. The second kappa shape index (κ2) is 4.63. The number of fused-ring (bicyclic) bond motifs is 1. The molecule has 0 unspecified atom stereocenters. The van der Waals surface area contributed by atoms with E-state index in [2.05, 4.69) is 20.9 Å². The molecule has 0 aromatic carbocycles. The van der Waals surface area contributed by atoms with Crippen LogP contribution in [0.1, 0.15) is 12.6 Å². The summed E-state index contributed by atoms with van der Waals surface area (Å²) < 4.78 is 20.1. The molecule has 1 aliphatic heterocycles. The molecule has 9 heteroatoms. The maximum Gasteiger partial charge on any atom is 0.312 e. The summed E-state index contributed by atoms with van der Waals surface area (Å²) in [5.74, 6) is 2.08. The predicted octanol–water partition coefficient (Wildman–Crippen LogP) is -0.370. The third-order valence-electron chi connectivity index (χ3n) is 3.50. The van der Waals surface area contributed by atoms with Crippen LogP contribution < -0.4 is 5.73 Å². The summed E-state index contributed by atoms with van der Waals surface area (Å²) in [5.41, 5.74) is 4.26. The third kappa shape index (κ3) is 1.92. The Hall–Kier alpha value is -2.28. The molecule has 109 valence electrons. The van der Waals surface area contributed by atoms with Gasteiger partial charge >= 0.3 is 6.08 Å². The first-order valence-corrected chi connectivity index (χ1v) is 6.08. The van der Waals surface area contributed by atoms with Gasteiger partial charge in [-0.15, -0.1) is 6.42 Å². The first-order chi connectivity index (χ1) is 10.0. The first-order valence-electron chi connectivity index (χ1n) is 6.08. The maximum absolute atomic E-state index is 13.3. The molecule has 1 saturated heterocycles. The van der Waals surface area contributed by atoms with Crippen molar-refractivity contribution in [2.24, 2.45) is 0 Å². The number of terminal acetylenes is 1. The van der Waals surface area contributed by atoms with Crippen molar-refractivity contribution in [1.82, 2.24) is 19.5 Å². The molecular formula is C12H11FN5O3. The molecule has 0 amide bonds. The number of hydrogen-bond acceptors (Lipinski definition) is 6. The van der Waals surface area contributed by atoms with Crippen LogP contribution in [0.5, 0.6) is 0 Å². The van der Waals surface area contributed by atoms with E-state index in [-0.39, 0.29) is 23.4 Å². The Morgan fingerprint density at radius 3 is 3.05 bits per heavy atom. The second-order valence-electron chi connectivity index (χ2n) is 4.70. The van der Waals surface area contributed by atoms with E-state index in [1.54, 1.807) is 0 Å². The van der Waals surface area contributed by atoms with Gasteiger partial charge in [-0.25, -0.2) is 10.1 Å². The van der Waals surface area contributed by atoms with Crippen molar-refractivity contribution in [3.8, 4) is 12.3 Å². The molecule has 0 spiro atoms. The molecule has 8 nitrogen and oxygen atoms in total. The quantitative estimate of drug-likeness (QED) is 0.575. The first kappa shape index (κ1) is 13.7. The highest BCUT2D eigenvalue weighted by atomic mass is 19.1. The summed E-state index contributed by atoms with van der Waals surface area (Å²) in [7, 11) is 0. The van der Waals surface area contributed by atoms with Gasteiger partial charge in [-0.1, -0.05) is 5.92 Å². The van der Waals surface area contributed by atoms with Gasteiger partial charge in [0.2, 0.25) is 0 Å². The predicted molar refractivity (Wildman–Crippen MR) is 67.6 cm³/mol. The van der Waals surface area contributed by atoms with Crippen LogP contribution in [0.4, 0.5) is 10.2 Å². The fraction of sp³-hybridized carbons (Fsp3) is 0.417. The van der Waals surface area contributed by atoms with Gasteiger partial charge in [-0.2, -0.15) is 14.4 Å². The standard InChI is InChI=1S/C12H11FN5O3/c1-2-12(4-19)6(20)3-7(21-12)18-5-15-8-9(14)16-11(13)17-10(8)18/h1,5-7,20H,3-4H2,(H2,14,16,17)/t6-,7+,12+/m0/s1. The number of aromatic nitrogens is 4. The fourth-order valence-corrected chi connectivity index (χ4v) is 2.34. The van der Waals surface area contributed by atoms with E-state index < -0.39 is 30.6 Å². The molecule has 0 saturated carbocycles. The van der Waals surface area contributed by atoms with Gasteiger partial charge in [0.1, 0.15) is 18.9 Å². The number of nitrogen functional groups attached to an aromatic ring is 1. The van der Waals surface area contributed by atoms with E-state index in [1.165, 1.54) is 10.9 Å². The highest BCUT2D eigenvalue weighted by Gasteiger charge is 2.48. The Balaban J connectivity index is 2.05. The number of aliphatic hydroxyl groups excluding tert-OH is 1. The zero-order chi connectivity index (χ0) is 15.2. The maximum atomic E-state index is 13.3. The summed E-state index contributed by atoms with van der Waals surface area (Å²) >= 11 is 0. The molecule has 0 aliphatic carbocycles. The Kier molecular flexibility index (Phi) is 3.02. The van der Waals surface area contributed by atoms with Crippen LogP contribution in [0.2, 0.25) is 0 Å². The van der Waals surface area contributed by atoms with Crippen molar-refractivity contribution in [3.05, 3.63) is 12.4 Å². The summed E-state index contributed by atoms with van der Waals surface area (Å²) in [5, 5.41) is 21.2. The minimum absolute atomic E-state index is 0.0590. The molecule has 1 aliphatic rings. The van der Waals surface area contributed by atoms with E-state index in [1.807, 2.05) is 0 Å². The average molecular weight is 292 g/mol. The van der Waals surface area contributed by atoms with Gasteiger partial charge in [0.05, 0.1) is 6.33 Å². The van der Waals surface area contributed by atoms with Crippen molar-refractivity contribution < 1.29 is 19.3 Å². The lowest BCUT2D eigenvalue weighted by Crippen LogP contribution is -2.41. The lowest BCUT2D eigenvalue weighted by atomic mass is 9.99. The molecule has 3 rings (SSSR count). The van der Waals surface area contributed by atoms with Gasteiger partial charge in [-0.3, -0.25) is 4.57 Å². The monoisotopic (exact) mass is 292 g/mol. The van der Waals surface area contributed by atoms with E-state index >= 15 is 0 Å². The van der Waals surface area contributed by atoms with Crippen LogP contribution in [0.3, 0.4) is 0 Å². The number of nitrogens with zero attached hydrogens (tertiary/aromatic N) is 4. The molecule has 3 N–H and O–H groups in total. The molecule has 3 atom stereocenters. The molecule has 1 radical (unpaired) electrons. The Labute approximate surface area is 118 Å². The van der Waals surface area contributed by atoms with E-state index in [9.17, 15) is 14.6 Å². The summed E-state index contributed by atoms with van der Waals surface area (Å²) in [6.07, 6.45) is 3.73. The number of nitrogens with two attached hydrogens (primary N) is 1. The third-order valence-corrected chi connectivity index (χ3v) is 3.50. The smallest absolute Gasteiger partial charge is 0.312 e.